The number of benzene rings is 1. The molecule has 1 atom stereocenters. The van der Waals surface area contributed by atoms with Crippen molar-refractivity contribution in [3.05, 3.63) is 40.4 Å². The Hall–Kier alpha value is -2.17. The average molecular weight is 286 g/mol. The quantitative estimate of drug-likeness (QED) is 0.881. The van der Waals surface area contributed by atoms with Crippen molar-refractivity contribution in [2.75, 3.05) is 0 Å². The van der Waals surface area contributed by atoms with Crippen molar-refractivity contribution < 1.29 is 9.53 Å². The summed E-state index contributed by atoms with van der Waals surface area (Å²) in [6.45, 7) is 1.74. The lowest BCUT2D eigenvalue weighted by molar-refractivity contribution is -0.153. The summed E-state index contributed by atoms with van der Waals surface area (Å²) in [5.74, 6) is 0.209. The van der Waals surface area contributed by atoms with Crippen LogP contribution in [0.25, 0.3) is 10.9 Å². The molecule has 1 fully saturated rings. The van der Waals surface area contributed by atoms with Crippen molar-refractivity contribution in [2.45, 2.75) is 38.7 Å². The summed E-state index contributed by atoms with van der Waals surface area (Å²) in [6, 6.07) is 7.12. The standard InChI is InChI=1S/C16H18N2O3/c1-10(21-16(20)11-6-2-3-7-11)14-17-13-9-5-4-8-12(13)15(19)18-14/h4-5,8-11H,2-3,6-7H2,1H3,(H,17,18,19)/t10-/m1/s1. The fourth-order valence-electron chi connectivity index (χ4n) is 2.78. The Morgan fingerprint density at radius 2 is 2.05 bits per heavy atom. The monoisotopic (exact) mass is 286 g/mol. The van der Waals surface area contributed by atoms with Crippen LogP contribution in [0.15, 0.2) is 29.1 Å². The Morgan fingerprint density at radius 3 is 2.81 bits per heavy atom. The summed E-state index contributed by atoms with van der Waals surface area (Å²) in [5.41, 5.74) is 0.402. The van der Waals surface area contributed by atoms with Gasteiger partial charge in [0.1, 0.15) is 0 Å². The number of nitrogens with one attached hydrogen (secondary N) is 1. The molecule has 1 heterocycles. The van der Waals surface area contributed by atoms with Crippen LogP contribution in [-0.2, 0) is 9.53 Å². The van der Waals surface area contributed by atoms with Gasteiger partial charge in [-0.15, -0.1) is 0 Å². The summed E-state index contributed by atoms with van der Waals surface area (Å²) in [4.78, 5) is 31.1. The number of fused-ring (bicyclic) bond motifs is 1. The molecule has 0 bridgehead atoms. The molecule has 0 amide bonds. The third kappa shape index (κ3) is 2.82. The molecule has 0 radical (unpaired) electrons. The van der Waals surface area contributed by atoms with Crippen LogP contribution in [0, 0.1) is 5.92 Å². The van der Waals surface area contributed by atoms with E-state index in [-0.39, 0.29) is 17.4 Å². The Kier molecular flexibility index (Phi) is 3.73. The molecule has 1 aromatic heterocycles. The van der Waals surface area contributed by atoms with E-state index in [1.807, 2.05) is 6.07 Å². The first-order valence-electron chi connectivity index (χ1n) is 7.34. The molecule has 110 valence electrons. The number of esters is 1. The summed E-state index contributed by atoms with van der Waals surface area (Å²) >= 11 is 0. The first-order chi connectivity index (χ1) is 10.1. The van der Waals surface area contributed by atoms with Crippen molar-refractivity contribution in [1.82, 2.24) is 9.97 Å². The zero-order chi connectivity index (χ0) is 14.8. The second-order valence-electron chi connectivity index (χ2n) is 5.53. The number of hydrogen-bond donors (Lipinski definition) is 1. The third-order valence-corrected chi connectivity index (χ3v) is 4.00. The van der Waals surface area contributed by atoms with Gasteiger partial charge in [-0.1, -0.05) is 25.0 Å². The van der Waals surface area contributed by atoms with E-state index in [1.165, 1.54) is 0 Å². The number of hydrogen-bond acceptors (Lipinski definition) is 4. The Balaban J connectivity index is 1.82. The van der Waals surface area contributed by atoms with Gasteiger partial charge in [0, 0.05) is 0 Å². The number of H-pyrrole nitrogens is 1. The molecule has 1 N–H and O–H groups in total. The molecule has 0 unspecified atom stereocenters. The summed E-state index contributed by atoms with van der Waals surface area (Å²) < 4.78 is 5.45. The van der Waals surface area contributed by atoms with E-state index in [1.54, 1.807) is 25.1 Å². The maximum absolute atomic E-state index is 12.0. The molecular weight excluding hydrogens is 268 g/mol. The molecule has 1 aromatic carbocycles. The Labute approximate surface area is 122 Å². The number of aromatic amines is 1. The first kappa shape index (κ1) is 13.8. The Bertz CT molecular complexity index is 717. The van der Waals surface area contributed by atoms with Gasteiger partial charge in [0.2, 0.25) is 0 Å². The highest BCUT2D eigenvalue weighted by Crippen LogP contribution is 2.27. The minimum Gasteiger partial charge on any atom is -0.454 e. The topological polar surface area (TPSA) is 72.0 Å². The van der Waals surface area contributed by atoms with E-state index >= 15 is 0 Å². The molecule has 5 heteroatoms. The van der Waals surface area contributed by atoms with Gasteiger partial charge in [-0.3, -0.25) is 9.59 Å². The van der Waals surface area contributed by atoms with Gasteiger partial charge in [0.15, 0.2) is 11.9 Å². The van der Waals surface area contributed by atoms with Crippen LogP contribution in [0.5, 0.6) is 0 Å². The number of ether oxygens (including phenoxy) is 1. The summed E-state index contributed by atoms with van der Waals surface area (Å²) in [7, 11) is 0. The van der Waals surface area contributed by atoms with Gasteiger partial charge in [-0.05, 0) is 31.9 Å². The molecule has 1 saturated carbocycles. The fourth-order valence-corrected chi connectivity index (χ4v) is 2.78. The van der Waals surface area contributed by atoms with E-state index in [9.17, 15) is 9.59 Å². The highest BCUT2D eigenvalue weighted by molar-refractivity contribution is 5.77. The lowest BCUT2D eigenvalue weighted by Crippen LogP contribution is -2.20. The molecule has 0 spiro atoms. The van der Waals surface area contributed by atoms with Gasteiger partial charge in [0.05, 0.1) is 16.8 Å². The molecule has 3 rings (SSSR count). The van der Waals surface area contributed by atoms with Crippen molar-refractivity contribution in [3.8, 4) is 0 Å². The average Bonchev–Trinajstić information content (AvgIpc) is 3.01. The number of rotatable bonds is 3. The first-order valence-corrected chi connectivity index (χ1v) is 7.34. The second-order valence-corrected chi connectivity index (χ2v) is 5.53. The summed E-state index contributed by atoms with van der Waals surface area (Å²) in [5, 5.41) is 0.538. The molecule has 21 heavy (non-hydrogen) atoms. The number of aromatic nitrogens is 2. The van der Waals surface area contributed by atoms with Crippen LogP contribution in [0.4, 0.5) is 0 Å². The van der Waals surface area contributed by atoms with E-state index in [0.717, 1.165) is 25.7 Å². The Morgan fingerprint density at radius 1 is 1.33 bits per heavy atom. The minimum atomic E-state index is -0.546. The van der Waals surface area contributed by atoms with Gasteiger partial charge in [-0.25, -0.2) is 4.98 Å². The second kappa shape index (κ2) is 5.68. The van der Waals surface area contributed by atoms with Crippen molar-refractivity contribution in [3.63, 3.8) is 0 Å². The molecule has 2 aromatic rings. The van der Waals surface area contributed by atoms with Crippen molar-refractivity contribution >= 4 is 16.9 Å². The fraction of sp³-hybridized carbons (Fsp3) is 0.438. The number of para-hydroxylation sites is 1. The zero-order valence-corrected chi connectivity index (χ0v) is 12.0. The highest BCUT2D eigenvalue weighted by Gasteiger charge is 2.26. The lowest BCUT2D eigenvalue weighted by atomic mass is 10.1. The predicted octanol–water partition coefficient (Wildman–Crippen LogP) is 2.72. The smallest absolute Gasteiger partial charge is 0.309 e. The van der Waals surface area contributed by atoms with E-state index in [2.05, 4.69) is 9.97 Å². The van der Waals surface area contributed by atoms with Crippen LogP contribution in [0.3, 0.4) is 0 Å². The predicted molar refractivity (Wildman–Crippen MR) is 78.8 cm³/mol. The maximum atomic E-state index is 12.0. The SMILES string of the molecule is C[C@@H](OC(=O)C1CCCC1)c1nc2ccccc2c(=O)[nH]1. The number of carbonyl (C=O) groups excluding carboxylic acids is 1. The maximum Gasteiger partial charge on any atom is 0.309 e. The van der Waals surface area contributed by atoms with E-state index in [4.69, 9.17) is 4.74 Å². The summed E-state index contributed by atoms with van der Waals surface area (Å²) in [6.07, 6.45) is 3.41. The van der Waals surface area contributed by atoms with Crippen LogP contribution in [-0.4, -0.2) is 15.9 Å². The van der Waals surface area contributed by atoms with E-state index in [0.29, 0.717) is 16.7 Å². The van der Waals surface area contributed by atoms with Gasteiger partial charge < -0.3 is 9.72 Å². The molecule has 5 nitrogen and oxygen atoms in total. The number of carbonyl (C=O) groups is 1. The molecular formula is C16H18N2O3. The third-order valence-electron chi connectivity index (χ3n) is 4.00. The minimum absolute atomic E-state index is 0.000344. The van der Waals surface area contributed by atoms with Gasteiger partial charge in [-0.2, -0.15) is 0 Å². The van der Waals surface area contributed by atoms with Crippen LogP contribution < -0.4 is 5.56 Å². The van der Waals surface area contributed by atoms with E-state index < -0.39 is 6.10 Å². The molecule has 0 saturated heterocycles. The highest BCUT2D eigenvalue weighted by atomic mass is 16.5. The zero-order valence-electron chi connectivity index (χ0n) is 12.0. The van der Waals surface area contributed by atoms with Crippen LogP contribution in [0.1, 0.15) is 44.5 Å². The van der Waals surface area contributed by atoms with Crippen molar-refractivity contribution in [1.29, 1.82) is 0 Å². The normalized spacial score (nSPS) is 17.0. The lowest BCUT2D eigenvalue weighted by Gasteiger charge is -2.15. The molecule has 1 aliphatic carbocycles. The van der Waals surface area contributed by atoms with Crippen LogP contribution in [0.2, 0.25) is 0 Å². The van der Waals surface area contributed by atoms with Gasteiger partial charge in [0.25, 0.3) is 5.56 Å². The number of nitrogens with zero attached hydrogens (tertiary/aromatic N) is 1. The largest absolute Gasteiger partial charge is 0.454 e. The van der Waals surface area contributed by atoms with Crippen molar-refractivity contribution in [2.24, 2.45) is 5.92 Å². The van der Waals surface area contributed by atoms with Crippen LogP contribution >= 0.6 is 0 Å². The van der Waals surface area contributed by atoms with Gasteiger partial charge >= 0.3 is 5.97 Å². The molecule has 0 aliphatic heterocycles. The molecule has 1 aliphatic rings.